The summed E-state index contributed by atoms with van der Waals surface area (Å²) in [5.41, 5.74) is 0.248. The molecule has 6 heteroatoms. The van der Waals surface area contributed by atoms with Crippen molar-refractivity contribution in [3.05, 3.63) is 0 Å². The van der Waals surface area contributed by atoms with Crippen LogP contribution in [-0.2, 0) is 23.9 Å². The van der Waals surface area contributed by atoms with E-state index in [-0.39, 0.29) is 46.8 Å². The normalized spacial score (nSPS) is 45.2. The maximum absolute atomic E-state index is 12.2. The van der Waals surface area contributed by atoms with Crippen LogP contribution in [0.5, 0.6) is 0 Å². The predicted octanol–water partition coefficient (Wildman–Crippen LogP) is 5.48. The van der Waals surface area contributed by atoms with Crippen molar-refractivity contribution in [1.82, 2.24) is 0 Å². The summed E-state index contributed by atoms with van der Waals surface area (Å²) in [5, 5.41) is 9.67. The zero-order chi connectivity index (χ0) is 25.0. The van der Waals surface area contributed by atoms with Crippen LogP contribution in [-0.4, -0.2) is 35.2 Å². The molecule has 11 atom stereocenters. The van der Waals surface area contributed by atoms with Gasteiger partial charge in [-0.25, -0.2) is 0 Å². The topological polar surface area (TPSA) is 89.9 Å². The smallest absolute Gasteiger partial charge is 0.306 e. The second-order valence-corrected chi connectivity index (χ2v) is 12.6. The van der Waals surface area contributed by atoms with Crippen molar-refractivity contribution < 1.29 is 29.0 Å². The van der Waals surface area contributed by atoms with Crippen molar-refractivity contribution in [1.29, 1.82) is 0 Å². The van der Waals surface area contributed by atoms with Crippen molar-refractivity contribution >= 4 is 17.9 Å². The van der Waals surface area contributed by atoms with E-state index in [9.17, 15) is 19.5 Å². The van der Waals surface area contributed by atoms with Crippen LogP contribution in [0, 0.1) is 52.3 Å². The number of carbonyl (C=O) groups excluding carboxylic acids is 2. The number of hydrogen-bond donors (Lipinski definition) is 1. The van der Waals surface area contributed by atoms with Gasteiger partial charge < -0.3 is 14.6 Å². The Kier molecular flexibility index (Phi) is 6.85. The molecule has 0 amide bonds. The summed E-state index contributed by atoms with van der Waals surface area (Å²) < 4.78 is 11.7. The van der Waals surface area contributed by atoms with Crippen LogP contribution < -0.4 is 0 Å². The van der Waals surface area contributed by atoms with Gasteiger partial charge in [0.05, 0.1) is 5.92 Å². The Balaban J connectivity index is 1.63. The predicted molar refractivity (Wildman–Crippen MR) is 128 cm³/mol. The van der Waals surface area contributed by atoms with Gasteiger partial charge in [-0.1, -0.05) is 27.7 Å². The number of hydrogen-bond acceptors (Lipinski definition) is 5. The number of carboxylic acid groups (broad SMARTS) is 1. The third-order valence-corrected chi connectivity index (χ3v) is 11.1. The zero-order valence-corrected chi connectivity index (χ0v) is 21.8. The fourth-order valence-electron chi connectivity index (χ4n) is 9.31. The van der Waals surface area contributed by atoms with Gasteiger partial charge in [-0.05, 0) is 91.8 Å². The molecule has 34 heavy (non-hydrogen) atoms. The fourth-order valence-corrected chi connectivity index (χ4v) is 9.31. The van der Waals surface area contributed by atoms with Crippen molar-refractivity contribution in [2.45, 2.75) is 105 Å². The number of aliphatic carboxylic acids is 1. The quantitative estimate of drug-likeness (QED) is 0.529. The molecule has 0 bridgehead atoms. The molecule has 6 nitrogen and oxygen atoms in total. The van der Waals surface area contributed by atoms with E-state index >= 15 is 0 Å². The summed E-state index contributed by atoms with van der Waals surface area (Å²) in [6, 6.07) is 0. The Bertz CT molecular complexity index is 824. The van der Waals surface area contributed by atoms with Crippen LogP contribution in [0.15, 0.2) is 0 Å². The molecule has 0 spiro atoms. The number of carbonyl (C=O) groups is 3. The molecule has 1 unspecified atom stereocenters. The third-order valence-electron chi connectivity index (χ3n) is 11.1. The lowest BCUT2D eigenvalue weighted by Crippen LogP contribution is -2.59. The second kappa shape index (κ2) is 9.13. The average Bonchev–Trinajstić information content (AvgIpc) is 3.09. The molecule has 4 aliphatic rings. The molecule has 0 aromatic rings. The summed E-state index contributed by atoms with van der Waals surface area (Å²) in [6.07, 6.45) is 7.88. The molecule has 4 rings (SSSR count). The van der Waals surface area contributed by atoms with E-state index in [0.717, 1.165) is 51.4 Å². The average molecular weight is 477 g/mol. The third kappa shape index (κ3) is 4.17. The lowest BCUT2D eigenvalue weighted by Gasteiger charge is -2.62. The number of ether oxygens (including phenoxy) is 2. The zero-order valence-electron chi connectivity index (χ0n) is 21.8. The van der Waals surface area contributed by atoms with E-state index in [1.807, 2.05) is 6.92 Å². The van der Waals surface area contributed by atoms with Gasteiger partial charge in [0.25, 0.3) is 0 Å². The lowest BCUT2D eigenvalue weighted by atomic mass is 9.43. The molecule has 1 N–H and O–H groups in total. The van der Waals surface area contributed by atoms with Gasteiger partial charge >= 0.3 is 17.9 Å². The number of esters is 2. The van der Waals surface area contributed by atoms with Gasteiger partial charge in [0.2, 0.25) is 0 Å². The standard InChI is InChI=1S/C28H44O6/c1-15(16(2)26(31)32)21-7-8-22-25-23(10-12-28(21,22)6)27(5)11-9-20(33-17(3)29)13-19(27)14-24(25)34-18(4)30/h15-16,19-25H,7-14H2,1-6H3,(H,31,32)/t15-,16?,19+,20-,21-,22+,23+,24+,25+,27+,28-/m1/s1. The summed E-state index contributed by atoms with van der Waals surface area (Å²) in [7, 11) is 0. The Morgan fingerprint density at radius 1 is 0.853 bits per heavy atom. The minimum atomic E-state index is -0.705. The Morgan fingerprint density at radius 2 is 1.47 bits per heavy atom. The van der Waals surface area contributed by atoms with Gasteiger partial charge in [-0.3, -0.25) is 14.4 Å². The van der Waals surface area contributed by atoms with Gasteiger partial charge in [-0.15, -0.1) is 0 Å². The Morgan fingerprint density at radius 3 is 2.09 bits per heavy atom. The maximum Gasteiger partial charge on any atom is 0.306 e. The molecule has 4 aliphatic carbocycles. The fraction of sp³-hybridized carbons (Fsp3) is 0.893. The highest BCUT2D eigenvalue weighted by Crippen LogP contribution is 2.69. The van der Waals surface area contributed by atoms with E-state index in [4.69, 9.17) is 9.47 Å². The number of fused-ring (bicyclic) bond motifs is 5. The first kappa shape index (κ1) is 25.5. The van der Waals surface area contributed by atoms with Gasteiger partial charge in [-0.2, -0.15) is 0 Å². The molecule has 0 heterocycles. The second-order valence-electron chi connectivity index (χ2n) is 12.6. The molecular formula is C28H44O6. The van der Waals surface area contributed by atoms with Crippen LogP contribution in [0.25, 0.3) is 0 Å². The molecule has 0 aromatic carbocycles. The van der Waals surface area contributed by atoms with E-state index in [2.05, 4.69) is 20.8 Å². The summed E-state index contributed by atoms with van der Waals surface area (Å²) in [6.45, 7) is 11.8. The molecule has 0 aliphatic heterocycles. The van der Waals surface area contributed by atoms with Crippen LogP contribution in [0.3, 0.4) is 0 Å². The Labute approximate surface area is 204 Å². The number of rotatable bonds is 5. The summed E-state index contributed by atoms with van der Waals surface area (Å²) >= 11 is 0. The monoisotopic (exact) mass is 476 g/mol. The first-order chi connectivity index (χ1) is 15.9. The Hall–Kier alpha value is -1.59. The van der Waals surface area contributed by atoms with E-state index in [1.165, 1.54) is 13.8 Å². The molecule has 4 saturated carbocycles. The first-order valence-corrected chi connectivity index (χ1v) is 13.5. The SMILES string of the molecule is CC(=O)O[C@@H]1CC[C@@]2(C)[C@@H](C1)C[C@H](OC(C)=O)[C@@H]1[C@@H]2CC[C@]2(C)[C@@H]([C@H](C)C(C)C(=O)O)CC[C@@H]12. The highest BCUT2D eigenvalue weighted by Gasteiger charge is 2.64. The van der Waals surface area contributed by atoms with Crippen LogP contribution >= 0.6 is 0 Å². The van der Waals surface area contributed by atoms with E-state index in [1.54, 1.807) is 0 Å². The highest BCUT2D eigenvalue weighted by atomic mass is 16.5. The largest absolute Gasteiger partial charge is 0.481 e. The van der Waals surface area contributed by atoms with Crippen molar-refractivity contribution in [3.8, 4) is 0 Å². The molecule has 0 radical (unpaired) electrons. The molecule has 4 fully saturated rings. The minimum absolute atomic E-state index is 0.0341. The van der Waals surface area contributed by atoms with Crippen molar-refractivity contribution in [3.63, 3.8) is 0 Å². The lowest BCUT2D eigenvalue weighted by molar-refractivity contribution is -0.197. The first-order valence-electron chi connectivity index (χ1n) is 13.5. The van der Waals surface area contributed by atoms with Gasteiger partial charge in [0, 0.05) is 19.8 Å². The number of carboxylic acids is 1. The van der Waals surface area contributed by atoms with Gasteiger partial charge in [0.1, 0.15) is 12.2 Å². The van der Waals surface area contributed by atoms with Crippen LogP contribution in [0.4, 0.5) is 0 Å². The van der Waals surface area contributed by atoms with Gasteiger partial charge in [0.15, 0.2) is 0 Å². The van der Waals surface area contributed by atoms with Crippen LogP contribution in [0.1, 0.15) is 92.9 Å². The highest BCUT2D eigenvalue weighted by molar-refractivity contribution is 5.70. The molecule has 0 aromatic heterocycles. The molecule has 192 valence electrons. The summed E-state index contributed by atoms with van der Waals surface area (Å²) in [4.78, 5) is 35.6. The van der Waals surface area contributed by atoms with Crippen molar-refractivity contribution in [2.75, 3.05) is 0 Å². The van der Waals surface area contributed by atoms with E-state index in [0.29, 0.717) is 29.6 Å². The summed E-state index contributed by atoms with van der Waals surface area (Å²) in [5.74, 6) is 0.663. The molecule has 0 saturated heterocycles. The van der Waals surface area contributed by atoms with E-state index < -0.39 is 5.97 Å². The minimum Gasteiger partial charge on any atom is -0.481 e. The maximum atomic E-state index is 12.2. The van der Waals surface area contributed by atoms with Crippen molar-refractivity contribution in [2.24, 2.45) is 52.3 Å². The van der Waals surface area contributed by atoms with Crippen LogP contribution in [0.2, 0.25) is 0 Å². The molecular weight excluding hydrogens is 432 g/mol.